The maximum atomic E-state index is 12.4. The first kappa shape index (κ1) is 15.8. The lowest BCUT2D eigenvalue weighted by Gasteiger charge is -2.27. The molecule has 0 spiro atoms. The first-order valence-electron chi connectivity index (χ1n) is 7.16. The largest absolute Gasteiger partial charge is 0.504 e. The minimum absolute atomic E-state index is 0.0115. The summed E-state index contributed by atoms with van der Waals surface area (Å²) in [5.41, 5.74) is 0.602. The molecule has 1 aliphatic heterocycles. The minimum atomic E-state index is -0.633. The van der Waals surface area contributed by atoms with Crippen molar-refractivity contribution in [2.24, 2.45) is 0 Å². The van der Waals surface area contributed by atoms with Gasteiger partial charge >= 0.3 is 0 Å². The second kappa shape index (κ2) is 5.84. The van der Waals surface area contributed by atoms with Crippen LogP contribution in [0, 0.1) is 0 Å². The minimum Gasteiger partial charge on any atom is -0.504 e. The van der Waals surface area contributed by atoms with Crippen molar-refractivity contribution < 1.29 is 34.3 Å². The van der Waals surface area contributed by atoms with Crippen LogP contribution in [0.2, 0.25) is 0 Å². The van der Waals surface area contributed by atoms with Crippen molar-refractivity contribution in [3.63, 3.8) is 0 Å². The van der Waals surface area contributed by atoms with Gasteiger partial charge < -0.3 is 29.5 Å². The molecule has 2 aromatic rings. The average molecular weight is 332 g/mol. The highest BCUT2D eigenvalue weighted by Gasteiger charge is 2.33. The van der Waals surface area contributed by atoms with Gasteiger partial charge in [0.2, 0.25) is 5.75 Å². The molecule has 0 unspecified atom stereocenters. The Bertz CT molecular complexity index is 813. The van der Waals surface area contributed by atoms with E-state index in [4.69, 9.17) is 14.2 Å². The van der Waals surface area contributed by atoms with Crippen molar-refractivity contribution >= 4 is 5.78 Å². The number of hydrogen-bond donors (Lipinski definition) is 3. The maximum absolute atomic E-state index is 12.4. The second-order valence-electron chi connectivity index (χ2n) is 5.32. The van der Waals surface area contributed by atoms with Gasteiger partial charge in [-0.1, -0.05) is 6.07 Å². The van der Waals surface area contributed by atoms with E-state index in [1.807, 2.05) is 0 Å². The highest BCUT2D eigenvalue weighted by atomic mass is 16.5. The van der Waals surface area contributed by atoms with Gasteiger partial charge in [0.05, 0.1) is 20.6 Å². The number of fused-ring (bicyclic) bond motifs is 1. The Morgan fingerprint density at radius 1 is 1.08 bits per heavy atom. The van der Waals surface area contributed by atoms with Gasteiger partial charge in [-0.25, -0.2) is 0 Å². The van der Waals surface area contributed by atoms with Crippen LogP contribution in [0.25, 0.3) is 0 Å². The van der Waals surface area contributed by atoms with Gasteiger partial charge in [0.25, 0.3) is 0 Å². The molecule has 1 heterocycles. The quantitative estimate of drug-likeness (QED) is 0.793. The van der Waals surface area contributed by atoms with Crippen molar-refractivity contribution in [2.75, 3.05) is 14.2 Å². The summed E-state index contributed by atoms with van der Waals surface area (Å²) in [7, 11) is 2.70. The molecular weight excluding hydrogens is 316 g/mol. The van der Waals surface area contributed by atoms with Gasteiger partial charge in [0.15, 0.2) is 28.8 Å². The molecule has 2 aromatic carbocycles. The summed E-state index contributed by atoms with van der Waals surface area (Å²) < 4.78 is 15.7. The summed E-state index contributed by atoms with van der Waals surface area (Å²) in [6.07, 6.45) is -0.644. The second-order valence-corrected chi connectivity index (χ2v) is 5.32. The fourth-order valence-electron chi connectivity index (χ4n) is 2.72. The van der Waals surface area contributed by atoms with E-state index in [0.717, 1.165) is 0 Å². The Labute approximate surface area is 137 Å². The summed E-state index contributed by atoms with van der Waals surface area (Å²) in [4.78, 5) is 12.4. The lowest BCUT2D eigenvalue weighted by atomic mass is 9.95. The van der Waals surface area contributed by atoms with Gasteiger partial charge in [0.1, 0.15) is 17.4 Å². The first-order valence-corrected chi connectivity index (χ1v) is 7.16. The zero-order valence-electron chi connectivity index (χ0n) is 13.1. The van der Waals surface area contributed by atoms with Crippen LogP contribution in [0.4, 0.5) is 0 Å². The fraction of sp³-hybridized carbons (Fsp3) is 0.235. The molecule has 24 heavy (non-hydrogen) atoms. The zero-order valence-corrected chi connectivity index (χ0v) is 13.1. The summed E-state index contributed by atoms with van der Waals surface area (Å²) in [5, 5.41) is 29.7. The molecule has 0 fully saturated rings. The summed E-state index contributed by atoms with van der Waals surface area (Å²) in [5.74, 6) is -0.984. The Morgan fingerprint density at radius 2 is 1.83 bits per heavy atom. The standard InChI is InChI=1S/C17H16O7/c1-22-13-5-8(3-4-9(13)18)12-6-10(19)15-14(24-12)7-11(20)17(23-2)16(15)21/h3-5,7,12,18,20-21H,6H2,1-2H3/t12-/m0/s1. The lowest BCUT2D eigenvalue weighted by Crippen LogP contribution is -2.20. The Morgan fingerprint density at radius 3 is 2.50 bits per heavy atom. The number of rotatable bonds is 3. The van der Waals surface area contributed by atoms with Crippen molar-refractivity contribution in [3.05, 3.63) is 35.4 Å². The van der Waals surface area contributed by atoms with Crippen LogP contribution in [0.1, 0.15) is 28.4 Å². The van der Waals surface area contributed by atoms with Crippen LogP contribution in [0.3, 0.4) is 0 Å². The van der Waals surface area contributed by atoms with Crippen LogP contribution >= 0.6 is 0 Å². The van der Waals surface area contributed by atoms with Crippen molar-refractivity contribution in [2.45, 2.75) is 12.5 Å². The molecule has 7 heteroatoms. The van der Waals surface area contributed by atoms with E-state index in [2.05, 4.69) is 0 Å². The molecular formula is C17H16O7. The van der Waals surface area contributed by atoms with E-state index in [-0.39, 0.29) is 46.5 Å². The Balaban J connectivity index is 2.02. The van der Waals surface area contributed by atoms with Crippen LogP contribution in [-0.4, -0.2) is 35.3 Å². The molecule has 126 valence electrons. The topological polar surface area (TPSA) is 105 Å². The summed E-state index contributed by atoms with van der Waals surface area (Å²) >= 11 is 0. The number of benzene rings is 2. The number of phenolic OH excluding ortho intramolecular Hbond substituents is 3. The number of ether oxygens (including phenoxy) is 3. The van der Waals surface area contributed by atoms with Gasteiger partial charge in [-0.15, -0.1) is 0 Å². The molecule has 1 atom stereocenters. The summed E-state index contributed by atoms with van der Waals surface area (Å²) in [6, 6.07) is 5.86. The Kier molecular flexibility index (Phi) is 3.84. The molecule has 7 nitrogen and oxygen atoms in total. The van der Waals surface area contributed by atoms with Crippen LogP contribution in [-0.2, 0) is 0 Å². The highest BCUT2D eigenvalue weighted by molar-refractivity contribution is 6.03. The molecule has 1 aliphatic rings. The number of hydrogen-bond acceptors (Lipinski definition) is 7. The third kappa shape index (κ3) is 2.44. The number of Topliss-reactive ketones (excluding diaryl/α,β-unsaturated/α-hetero) is 1. The molecule has 0 radical (unpaired) electrons. The number of carbonyl (C=O) groups is 1. The van der Waals surface area contributed by atoms with Gasteiger partial charge in [0, 0.05) is 6.07 Å². The summed E-state index contributed by atoms with van der Waals surface area (Å²) in [6.45, 7) is 0. The SMILES string of the molecule is COc1cc([C@@H]2CC(=O)c3c(cc(O)c(OC)c3O)O2)ccc1O. The third-order valence-electron chi connectivity index (χ3n) is 3.90. The average Bonchev–Trinajstić information content (AvgIpc) is 2.54. The van der Waals surface area contributed by atoms with Crippen LogP contribution in [0.5, 0.6) is 34.5 Å². The predicted molar refractivity (Wildman–Crippen MR) is 83.3 cm³/mol. The normalized spacial score (nSPS) is 16.2. The fourth-order valence-corrected chi connectivity index (χ4v) is 2.72. The van der Waals surface area contributed by atoms with E-state index in [0.29, 0.717) is 5.56 Å². The molecule has 0 aliphatic carbocycles. The molecule has 0 aromatic heterocycles. The van der Waals surface area contributed by atoms with Crippen LogP contribution in [0.15, 0.2) is 24.3 Å². The van der Waals surface area contributed by atoms with E-state index in [1.165, 1.54) is 26.4 Å². The van der Waals surface area contributed by atoms with E-state index in [9.17, 15) is 20.1 Å². The maximum Gasteiger partial charge on any atom is 0.203 e. The molecule has 3 N–H and O–H groups in total. The van der Waals surface area contributed by atoms with E-state index in [1.54, 1.807) is 12.1 Å². The molecule has 3 rings (SSSR count). The van der Waals surface area contributed by atoms with Crippen molar-refractivity contribution in [1.82, 2.24) is 0 Å². The number of carbonyl (C=O) groups excluding carboxylic acids is 1. The molecule has 0 saturated carbocycles. The highest BCUT2D eigenvalue weighted by Crippen LogP contribution is 2.48. The lowest BCUT2D eigenvalue weighted by molar-refractivity contribution is 0.0843. The van der Waals surface area contributed by atoms with E-state index < -0.39 is 11.9 Å². The van der Waals surface area contributed by atoms with Crippen molar-refractivity contribution in [3.8, 4) is 34.5 Å². The third-order valence-corrected chi connectivity index (χ3v) is 3.90. The van der Waals surface area contributed by atoms with Gasteiger partial charge in [-0.05, 0) is 17.7 Å². The predicted octanol–water partition coefficient (Wildman–Crippen LogP) is 2.53. The molecule has 0 bridgehead atoms. The molecule has 0 saturated heterocycles. The van der Waals surface area contributed by atoms with Gasteiger partial charge in [-0.2, -0.15) is 0 Å². The van der Waals surface area contributed by atoms with Crippen LogP contribution < -0.4 is 14.2 Å². The van der Waals surface area contributed by atoms with E-state index >= 15 is 0 Å². The zero-order chi connectivity index (χ0) is 17.4. The first-order chi connectivity index (χ1) is 11.5. The van der Waals surface area contributed by atoms with Gasteiger partial charge in [-0.3, -0.25) is 4.79 Å². The number of phenols is 3. The Hall–Kier alpha value is -3.09. The molecule has 0 amide bonds. The van der Waals surface area contributed by atoms with Crippen molar-refractivity contribution in [1.29, 1.82) is 0 Å². The number of aromatic hydroxyl groups is 3. The number of ketones is 1. The number of methoxy groups -OCH3 is 2. The smallest absolute Gasteiger partial charge is 0.203 e. The monoisotopic (exact) mass is 332 g/mol.